The SMILES string of the molecule is CNC(=O)c1c(-c2ccc(F)cc2)oc2cc(N(C)[S+](C)(=O)O)c(-c3ccc4ncn(Cc5ccccc5)c(=O)c4c3)cc12. The van der Waals surface area contributed by atoms with E-state index < -0.39 is 22.1 Å². The zero-order valence-corrected chi connectivity index (χ0v) is 24.9. The average molecular weight is 612 g/mol. The van der Waals surface area contributed by atoms with Crippen molar-refractivity contribution in [1.82, 2.24) is 14.9 Å². The summed E-state index contributed by atoms with van der Waals surface area (Å²) in [6.45, 7) is 0.339. The molecule has 2 aromatic heterocycles. The second-order valence-corrected chi connectivity index (χ2v) is 12.5. The lowest BCUT2D eigenvalue weighted by Gasteiger charge is -2.19. The number of halogens is 1. The Balaban J connectivity index is 1.59. The highest BCUT2D eigenvalue weighted by Gasteiger charge is 2.31. The first-order valence-electron chi connectivity index (χ1n) is 13.6. The highest BCUT2D eigenvalue weighted by molar-refractivity contribution is 7.98. The largest absolute Gasteiger partial charge is 0.455 e. The molecule has 6 rings (SSSR count). The van der Waals surface area contributed by atoms with Crippen molar-refractivity contribution in [3.63, 3.8) is 0 Å². The molecular weight excluding hydrogens is 583 g/mol. The number of benzene rings is 4. The van der Waals surface area contributed by atoms with Crippen LogP contribution in [-0.4, -0.2) is 40.4 Å². The van der Waals surface area contributed by atoms with E-state index in [4.69, 9.17) is 4.42 Å². The second kappa shape index (κ2) is 11.2. The summed E-state index contributed by atoms with van der Waals surface area (Å²) in [7, 11) is -0.514. The molecule has 0 aliphatic heterocycles. The van der Waals surface area contributed by atoms with E-state index in [0.29, 0.717) is 45.2 Å². The van der Waals surface area contributed by atoms with Crippen LogP contribution in [0.1, 0.15) is 15.9 Å². The molecule has 1 amide bonds. The van der Waals surface area contributed by atoms with Gasteiger partial charge in [0.2, 0.25) is 0 Å². The lowest BCUT2D eigenvalue weighted by atomic mass is 9.97. The fourth-order valence-electron chi connectivity index (χ4n) is 5.18. The molecule has 11 heteroatoms. The van der Waals surface area contributed by atoms with E-state index in [9.17, 15) is 22.7 Å². The van der Waals surface area contributed by atoms with Gasteiger partial charge in [0.25, 0.3) is 11.5 Å². The number of nitrogens with zero attached hydrogens (tertiary/aromatic N) is 3. The summed E-state index contributed by atoms with van der Waals surface area (Å²) in [6, 6.07) is 23.6. The molecule has 2 heterocycles. The number of carbonyl (C=O) groups is 1. The van der Waals surface area contributed by atoms with Gasteiger partial charge in [-0.05, 0) is 57.8 Å². The van der Waals surface area contributed by atoms with Gasteiger partial charge in [-0.1, -0.05) is 36.4 Å². The standard InChI is InChI=1S/C33H27FN4O5S/c1-35-32(39)30-26-16-24(22-11-14-27-25(15-22)33(40)38(19-36-27)18-20-7-5-4-6-8-20)28(37(2)44(3,41)42)17-29(26)43-31(30)21-9-12-23(34)13-10-21/h4-17,19H,18H2,1-3H3,(H-,35,39,41,42)/p+1. The third-order valence-corrected chi connectivity index (χ3v) is 8.76. The molecule has 222 valence electrons. The monoisotopic (exact) mass is 611 g/mol. The van der Waals surface area contributed by atoms with Crippen LogP contribution in [0, 0.1) is 5.82 Å². The minimum Gasteiger partial charge on any atom is -0.455 e. The number of aromatic nitrogens is 2. The molecule has 9 nitrogen and oxygen atoms in total. The predicted octanol–water partition coefficient (Wildman–Crippen LogP) is 5.98. The predicted molar refractivity (Wildman–Crippen MR) is 171 cm³/mol. The molecule has 0 fully saturated rings. The summed E-state index contributed by atoms with van der Waals surface area (Å²) in [5.74, 6) is -0.646. The highest BCUT2D eigenvalue weighted by atomic mass is 32.3. The quantitative estimate of drug-likeness (QED) is 0.215. The van der Waals surface area contributed by atoms with Crippen LogP contribution in [0.4, 0.5) is 10.1 Å². The molecule has 0 aliphatic carbocycles. The highest BCUT2D eigenvalue weighted by Crippen LogP contribution is 2.42. The van der Waals surface area contributed by atoms with Crippen LogP contribution in [0.5, 0.6) is 0 Å². The van der Waals surface area contributed by atoms with Crippen molar-refractivity contribution in [2.75, 3.05) is 24.7 Å². The maximum absolute atomic E-state index is 13.7. The minimum absolute atomic E-state index is 0.220. The molecule has 0 spiro atoms. The lowest BCUT2D eigenvalue weighted by molar-refractivity contribution is 0.0964. The molecule has 0 saturated carbocycles. The number of rotatable bonds is 7. The van der Waals surface area contributed by atoms with E-state index in [2.05, 4.69) is 10.3 Å². The lowest BCUT2D eigenvalue weighted by Crippen LogP contribution is -2.31. The normalized spacial score (nSPS) is 12.8. The first-order valence-corrected chi connectivity index (χ1v) is 15.5. The third kappa shape index (κ3) is 5.27. The van der Waals surface area contributed by atoms with Gasteiger partial charge in [-0.3, -0.25) is 14.2 Å². The number of carbonyl (C=O) groups excluding carboxylic acids is 1. The summed E-state index contributed by atoms with van der Waals surface area (Å²) in [5, 5.41) is 3.44. The number of hydrogen-bond acceptors (Lipinski definition) is 5. The Morgan fingerprint density at radius 3 is 2.41 bits per heavy atom. The summed E-state index contributed by atoms with van der Waals surface area (Å²) < 4.78 is 46.0. The summed E-state index contributed by atoms with van der Waals surface area (Å²) >= 11 is 0. The molecule has 2 N–H and O–H groups in total. The first kappa shape index (κ1) is 29.0. The minimum atomic E-state index is -3.49. The second-order valence-electron chi connectivity index (χ2n) is 10.4. The summed E-state index contributed by atoms with van der Waals surface area (Å²) in [6.07, 6.45) is 2.70. The maximum Gasteiger partial charge on any atom is 0.309 e. The van der Waals surface area contributed by atoms with Gasteiger partial charge in [0.15, 0.2) is 6.26 Å². The summed E-state index contributed by atoms with van der Waals surface area (Å²) in [5.41, 5.74) is 3.56. The van der Waals surface area contributed by atoms with Crippen LogP contribution in [-0.2, 0) is 21.2 Å². The molecule has 4 aromatic carbocycles. The van der Waals surface area contributed by atoms with Crippen LogP contribution in [0.15, 0.2) is 100 Å². The Morgan fingerprint density at radius 2 is 1.73 bits per heavy atom. The number of nitrogens with one attached hydrogen (secondary N) is 1. The van der Waals surface area contributed by atoms with Crippen molar-refractivity contribution in [2.24, 2.45) is 0 Å². The molecule has 1 unspecified atom stereocenters. The van der Waals surface area contributed by atoms with Crippen LogP contribution < -0.4 is 15.2 Å². The molecular formula is C33H28FN4O5S+. The van der Waals surface area contributed by atoms with E-state index in [1.807, 2.05) is 30.3 Å². The number of anilines is 1. The van der Waals surface area contributed by atoms with Crippen molar-refractivity contribution >= 4 is 43.9 Å². The maximum atomic E-state index is 13.7. The average Bonchev–Trinajstić information content (AvgIpc) is 3.40. The molecule has 0 saturated heterocycles. The van der Waals surface area contributed by atoms with Gasteiger partial charge < -0.3 is 9.73 Å². The van der Waals surface area contributed by atoms with Crippen molar-refractivity contribution in [2.45, 2.75) is 6.54 Å². The van der Waals surface area contributed by atoms with Gasteiger partial charge >= 0.3 is 10.4 Å². The first-order chi connectivity index (χ1) is 21.0. The smallest absolute Gasteiger partial charge is 0.309 e. The van der Waals surface area contributed by atoms with Gasteiger partial charge in [0.1, 0.15) is 17.2 Å². The Kier molecular flexibility index (Phi) is 7.36. The van der Waals surface area contributed by atoms with Crippen molar-refractivity contribution in [1.29, 1.82) is 0 Å². The Morgan fingerprint density at radius 1 is 1.02 bits per heavy atom. The molecule has 0 aliphatic rings. The fourth-order valence-corrected chi connectivity index (χ4v) is 5.70. The molecule has 6 aromatic rings. The number of amides is 1. The molecule has 0 radical (unpaired) electrons. The third-order valence-electron chi connectivity index (χ3n) is 7.55. The zero-order chi connectivity index (χ0) is 31.2. The van der Waals surface area contributed by atoms with E-state index in [0.717, 1.165) is 5.56 Å². The van der Waals surface area contributed by atoms with Crippen LogP contribution in [0.2, 0.25) is 0 Å². The van der Waals surface area contributed by atoms with Crippen molar-refractivity contribution in [3.05, 3.63) is 119 Å². The van der Waals surface area contributed by atoms with Gasteiger partial charge in [-0.15, -0.1) is 0 Å². The Labute approximate surface area is 253 Å². The van der Waals surface area contributed by atoms with E-state index in [1.165, 1.54) is 59.8 Å². The summed E-state index contributed by atoms with van der Waals surface area (Å²) in [4.78, 5) is 31.3. The van der Waals surface area contributed by atoms with E-state index in [1.54, 1.807) is 30.3 Å². The number of furan rings is 1. The zero-order valence-electron chi connectivity index (χ0n) is 24.1. The van der Waals surface area contributed by atoms with Crippen LogP contribution in [0.25, 0.3) is 44.3 Å². The van der Waals surface area contributed by atoms with Gasteiger partial charge in [-0.25, -0.2) is 9.37 Å². The van der Waals surface area contributed by atoms with Gasteiger partial charge in [0, 0.05) is 29.6 Å². The van der Waals surface area contributed by atoms with Crippen LogP contribution in [0.3, 0.4) is 0 Å². The Bertz CT molecular complexity index is 2150. The van der Waals surface area contributed by atoms with E-state index in [-0.39, 0.29) is 22.5 Å². The number of fused-ring (bicyclic) bond motifs is 2. The molecule has 0 bridgehead atoms. The van der Waals surface area contributed by atoms with Crippen molar-refractivity contribution < 1.29 is 22.4 Å². The molecule has 44 heavy (non-hydrogen) atoms. The number of hydrogen-bond donors (Lipinski definition) is 2. The van der Waals surface area contributed by atoms with Crippen LogP contribution >= 0.6 is 0 Å². The van der Waals surface area contributed by atoms with E-state index >= 15 is 0 Å². The fraction of sp³-hybridized carbons (Fsp3) is 0.121. The van der Waals surface area contributed by atoms with Gasteiger partial charge in [0.05, 0.1) is 42.1 Å². The molecule has 1 atom stereocenters. The Hall–Kier alpha value is -5.13. The van der Waals surface area contributed by atoms with Crippen molar-refractivity contribution in [3.8, 4) is 22.5 Å². The topological polar surface area (TPSA) is 118 Å². The van der Waals surface area contributed by atoms with Gasteiger partial charge in [-0.2, -0.15) is 8.86 Å².